The van der Waals surface area contributed by atoms with Crippen LogP contribution in [0.3, 0.4) is 0 Å². The second-order valence-electron chi connectivity index (χ2n) is 5.38. The van der Waals surface area contributed by atoms with Gasteiger partial charge < -0.3 is 13.7 Å². The minimum Gasteiger partial charge on any atom is -0.459 e. The molecule has 1 unspecified atom stereocenters. The van der Waals surface area contributed by atoms with Crippen molar-refractivity contribution in [2.75, 3.05) is 23.8 Å². The molecule has 0 bridgehead atoms. The van der Waals surface area contributed by atoms with E-state index in [2.05, 4.69) is 10.2 Å². The Hall–Kier alpha value is -1.81. The second-order valence-corrected chi connectivity index (χ2v) is 8.53. The van der Waals surface area contributed by atoms with Gasteiger partial charge in [0, 0.05) is 12.6 Å². The van der Waals surface area contributed by atoms with E-state index in [4.69, 9.17) is 8.83 Å². The molecule has 0 saturated carbocycles. The van der Waals surface area contributed by atoms with Crippen molar-refractivity contribution in [3.05, 3.63) is 18.4 Å². The zero-order valence-corrected chi connectivity index (χ0v) is 14.7. The third-order valence-electron chi connectivity index (χ3n) is 3.77. The Morgan fingerprint density at radius 2 is 2.29 bits per heavy atom. The molecule has 1 fully saturated rings. The summed E-state index contributed by atoms with van der Waals surface area (Å²) in [4.78, 5) is 14.0. The van der Waals surface area contributed by atoms with Crippen molar-refractivity contribution in [2.45, 2.75) is 24.6 Å². The van der Waals surface area contributed by atoms with Gasteiger partial charge in [-0.2, -0.15) is 0 Å². The maximum atomic E-state index is 12.4. The number of rotatable bonds is 6. The number of aromatic nitrogens is 2. The van der Waals surface area contributed by atoms with Gasteiger partial charge in [0.2, 0.25) is 5.91 Å². The number of nitrogens with zero attached hydrogens (tertiary/aromatic N) is 3. The Bertz CT molecular complexity index is 800. The monoisotopic (exact) mass is 371 g/mol. The summed E-state index contributed by atoms with van der Waals surface area (Å²) < 4.78 is 33.8. The molecule has 2 aromatic rings. The number of furan rings is 1. The first-order valence-electron chi connectivity index (χ1n) is 7.48. The Morgan fingerprint density at radius 1 is 1.46 bits per heavy atom. The number of carbonyl (C=O) groups excluding carboxylic acids is 1. The van der Waals surface area contributed by atoms with Crippen LogP contribution in [-0.2, 0) is 14.6 Å². The number of hydrogen-bond donors (Lipinski definition) is 0. The Balaban J connectivity index is 1.58. The van der Waals surface area contributed by atoms with Crippen molar-refractivity contribution in [3.63, 3.8) is 0 Å². The van der Waals surface area contributed by atoms with Gasteiger partial charge >= 0.3 is 0 Å². The van der Waals surface area contributed by atoms with Crippen LogP contribution in [0.4, 0.5) is 0 Å². The first-order valence-corrected chi connectivity index (χ1v) is 10.3. The number of sulfone groups is 1. The predicted molar refractivity (Wildman–Crippen MR) is 87.2 cm³/mol. The van der Waals surface area contributed by atoms with Crippen LogP contribution in [0.1, 0.15) is 13.3 Å². The Kier molecular flexibility index (Phi) is 4.95. The standard InChI is InChI=1S/C14H17N3O5S2/c1-2-17(10-5-7-24(19,20)9-10)12(18)8-23-14-16-15-13(22-14)11-4-3-6-21-11/h3-4,6,10H,2,5,7-9H2,1H3. The normalized spacial score (nSPS) is 19.5. The summed E-state index contributed by atoms with van der Waals surface area (Å²) in [6, 6.07) is 3.17. The number of hydrogen-bond acceptors (Lipinski definition) is 8. The molecule has 10 heteroatoms. The topological polar surface area (TPSA) is 107 Å². The molecule has 24 heavy (non-hydrogen) atoms. The van der Waals surface area contributed by atoms with Crippen LogP contribution in [0, 0.1) is 0 Å². The lowest BCUT2D eigenvalue weighted by molar-refractivity contribution is -0.129. The summed E-state index contributed by atoms with van der Waals surface area (Å²) in [7, 11) is -3.02. The molecule has 0 radical (unpaired) electrons. The zero-order valence-electron chi connectivity index (χ0n) is 13.0. The summed E-state index contributed by atoms with van der Waals surface area (Å²) in [5.41, 5.74) is 0. The predicted octanol–water partition coefficient (Wildman–Crippen LogP) is 1.46. The highest BCUT2D eigenvalue weighted by Gasteiger charge is 2.33. The van der Waals surface area contributed by atoms with Crippen LogP contribution < -0.4 is 0 Å². The van der Waals surface area contributed by atoms with E-state index in [1.165, 1.54) is 6.26 Å². The number of amides is 1. The molecule has 0 aromatic carbocycles. The van der Waals surface area contributed by atoms with E-state index >= 15 is 0 Å². The van der Waals surface area contributed by atoms with Gasteiger partial charge in [-0.05, 0) is 25.5 Å². The molecular weight excluding hydrogens is 354 g/mol. The second kappa shape index (κ2) is 6.98. The molecule has 1 aliphatic rings. The third kappa shape index (κ3) is 3.81. The van der Waals surface area contributed by atoms with Crippen LogP contribution in [0.5, 0.6) is 0 Å². The van der Waals surface area contributed by atoms with Gasteiger partial charge in [0.1, 0.15) is 0 Å². The van der Waals surface area contributed by atoms with E-state index in [1.807, 2.05) is 6.92 Å². The van der Waals surface area contributed by atoms with E-state index in [1.54, 1.807) is 17.0 Å². The minimum absolute atomic E-state index is 0.0421. The van der Waals surface area contributed by atoms with E-state index < -0.39 is 9.84 Å². The van der Waals surface area contributed by atoms with Gasteiger partial charge in [-0.1, -0.05) is 11.8 Å². The molecule has 3 heterocycles. The van der Waals surface area contributed by atoms with Crippen molar-refractivity contribution >= 4 is 27.5 Å². The van der Waals surface area contributed by atoms with E-state index in [0.29, 0.717) is 18.7 Å². The zero-order chi connectivity index (χ0) is 17.2. The van der Waals surface area contributed by atoms with Gasteiger partial charge in [-0.3, -0.25) is 4.79 Å². The molecule has 1 amide bonds. The van der Waals surface area contributed by atoms with Gasteiger partial charge in [0.05, 0.1) is 23.5 Å². The van der Waals surface area contributed by atoms with Gasteiger partial charge in [-0.15, -0.1) is 10.2 Å². The molecule has 0 aliphatic carbocycles. The summed E-state index contributed by atoms with van der Waals surface area (Å²) in [5.74, 6) is 0.883. The maximum absolute atomic E-state index is 12.4. The summed E-state index contributed by atoms with van der Waals surface area (Å²) in [5, 5.41) is 8.00. The average molecular weight is 371 g/mol. The molecular formula is C14H17N3O5S2. The highest BCUT2D eigenvalue weighted by atomic mass is 32.2. The quantitative estimate of drug-likeness (QED) is 0.703. The average Bonchev–Trinajstić information content (AvgIpc) is 3.26. The Morgan fingerprint density at radius 3 is 2.92 bits per heavy atom. The Labute approximate surface area is 143 Å². The smallest absolute Gasteiger partial charge is 0.284 e. The first-order chi connectivity index (χ1) is 11.5. The van der Waals surface area contributed by atoms with Crippen molar-refractivity contribution in [2.24, 2.45) is 0 Å². The van der Waals surface area contributed by atoms with Crippen molar-refractivity contribution in [1.29, 1.82) is 0 Å². The van der Waals surface area contributed by atoms with E-state index in [-0.39, 0.29) is 40.3 Å². The molecule has 8 nitrogen and oxygen atoms in total. The maximum Gasteiger partial charge on any atom is 0.284 e. The SMILES string of the molecule is CCN(C(=O)CSc1nnc(-c2ccco2)o1)C1CCS(=O)(=O)C1. The molecule has 1 atom stereocenters. The van der Waals surface area contributed by atoms with Crippen molar-refractivity contribution in [1.82, 2.24) is 15.1 Å². The third-order valence-corrected chi connectivity index (χ3v) is 6.32. The number of carbonyl (C=O) groups is 1. The summed E-state index contributed by atoms with van der Waals surface area (Å²) in [6.07, 6.45) is 2.00. The van der Waals surface area contributed by atoms with Crippen LogP contribution in [0.2, 0.25) is 0 Å². The first kappa shape index (κ1) is 17.0. The molecule has 0 N–H and O–H groups in total. The van der Waals surface area contributed by atoms with Crippen LogP contribution >= 0.6 is 11.8 Å². The summed E-state index contributed by atoms with van der Waals surface area (Å²) in [6.45, 7) is 2.32. The van der Waals surface area contributed by atoms with Gasteiger partial charge in [0.15, 0.2) is 15.6 Å². The van der Waals surface area contributed by atoms with Crippen LogP contribution in [0.15, 0.2) is 32.5 Å². The molecule has 130 valence electrons. The fourth-order valence-corrected chi connectivity index (χ4v) is 5.01. The number of thioether (sulfide) groups is 1. The van der Waals surface area contributed by atoms with Crippen LogP contribution in [-0.4, -0.2) is 59.3 Å². The molecule has 3 rings (SSSR count). The lowest BCUT2D eigenvalue weighted by Gasteiger charge is -2.26. The highest BCUT2D eigenvalue weighted by molar-refractivity contribution is 7.99. The van der Waals surface area contributed by atoms with Gasteiger partial charge in [0.25, 0.3) is 11.1 Å². The van der Waals surface area contributed by atoms with Crippen LogP contribution in [0.25, 0.3) is 11.7 Å². The molecule has 1 saturated heterocycles. The summed E-state index contributed by atoms with van der Waals surface area (Å²) >= 11 is 1.13. The van der Waals surface area contributed by atoms with Crippen molar-refractivity contribution in [3.8, 4) is 11.7 Å². The van der Waals surface area contributed by atoms with E-state index in [0.717, 1.165) is 11.8 Å². The molecule has 2 aromatic heterocycles. The van der Waals surface area contributed by atoms with Crippen molar-refractivity contribution < 1.29 is 22.0 Å². The lowest BCUT2D eigenvalue weighted by atomic mass is 10.2. The van der Waals surface area contributed by atoms with Gasteiger partial charge in [-0.25, -0.2) is 8.42 Å². The molecule has 0 spiro atoms. The fraction of sp³-hybridized carbons (Fsp3) is 0.500. The largest absolute Gasteiger partial charge is 0.459 e. The highest BCUT2D eigenvalue weighted by Crippen LogP contribution is 2.24. The fourth-order valence-electron chi connectivity index (χ4n) is 2.63. The minimum atomic E-state index is -3.02. The molecule has 1 aliphatic heterocycles. The van der Waals surface area contributed by atoms with E-state index in [9.17, 15) is 13.2 Å². The lowest BCUT2D eigenvalue weighted by Crippen LogP contribution is -2.41.